The lowest BCUT2D eigenvalue weighted by Gasteiger charge is -2.31. The molecular formula is C23H25BrClF2N5O. The van der Waals surface area contributed by atoms with E-state index in [0.29, 0.717) is 43.7 Å². The van der Waals surface area contributed by atoms with Gasteiger partial charge in [0, 0.05) is 37.4 Å². The van der Waals surface area contributed by atoms with Gasteiger partial charge in [-0.1, -0.05) is 11.6 Å². The zero-order chi connectivity index (χ0) is 23.2. The van der Waals surface area contributed by atoms with Crippen molar-refractivity contribution in [3.05, 3.63) is 21.4 Å². The summed E-state index contributed by atoms with van der Waals surface area (Å²) < 4.78 is 35.5. The minimum absolute atomic E-state index is 0.00301. The van der Waals surface area contributed by atoms with Crippen LogP contribution in [0.3, 0.4) is 0 Å². The van der Waals surface area contributed by atoms with Crippen LogP contribution in [0.4, 0.5) is 14.6 Å². The third-order valence-corrected chi connectivity index (χ3v) is 8.53. The molecule has 4 heterocycles. The molecule has 3 aliphatic heterocycles. The Hall–Kier alpha value is -1.76. The van der Waals surface area contributed by atoms with Gasteiger partial charge >= 0.3 is 6.01 Å². The predicted octanol–water partition coefficient (Wildman–Crippen LogP) is 5.27. The van der Waals surface area contributed by atoms with Crippen LogP contribution in [0.2, 0.25) is 5.02 Å². The van der Waals surface area contributed by atoms with E-state index < -0.39 is 12.0 Å². The van der Waals surface area contributed by atoms with Crippen molar-refractivity contribution in [2.45, 2.75) is 50.2 Å². The van der Waals surface area contributed by atoms with E-state index in [1.807, 2.05) is 0 Å². The van der Waals surface area contributed by atoms with Gasteiger partial charge in [0.15, 0.2) is 5.82 Å². The zero-order valence-electron chi connectivity index (χ0n) is 18.2. The lowest BCUT2D eigenvalue weighted by atomic mass is 9.95. The summed E-state index contributed by atoms with van der Waals surface area (Å²) >= 11 is 9.47. The van der Waals surface area contributed by atoms with Crippen LogP contribution >= 0.6 is 27.5 Å². The molecule has 2 aromatic rings. The average molecular weight is 541 g/mol. The van der Waals surface area contributed by atoms with Gasteiger partial charge in [-0.3, -0.25) is 4.90 Å². The van der Waals surface area contributed by atoms with Gasteiger partial charge in [-0.25, -0.2) is 8.78 Å². The number of halogens is 4. The van der Waals surface area contributed by atoms with Crippen LogP contribution < -0.4 is 9.64 Å². The van der Waals surface area contributed by atoms with Gasteiger partial charge in [-0.2, -0.15) is 15.2 Å². The molecule has 0 spiro atoms. The maximum atomic E-state index is 15.2. The number of hydrogen-bond donors (Lipinski definition) is 0. The second-order valence-corrected chi connectivity index (χ2v) is 10.5. The second-order valence-electron chi connectivity index (χ2n) is 9.32. The molecule has 6 nitrogen and oxygen atoms in total. The Bertz CT molecular complexity index is 1110. The Morgan fingerprint density at radius 3 is 2.94 bits per heavy atom. The van der Waals surface area contributed by atoms with Gasteiger partial charge < -0.3 is 9.64 Å². The molecule has 1 unspecified atom stereocenters. The molecule has 1 aromatic heterocycles. The van der Waals surface area contributed by atoms with Gasteiger partial charge in [0.25, 0.3) is 0 Å². The van der Waals surface area contributed by atoms with Crippen LogP contribution in [-0.2, 0) is 0 Å². The van der Waals surface area contributed by atoms with E-state index in [1.54, 1.807) is 6.07 Å². The number of benzene rings is 1. The Balaban J connectivity index is 1.51. The van der Waals surface area contributed by atoms with E-state index in [4.69, 9.17) is 16.3 Å². The summed E-state index contributed by atoms with van der Waals surface area (Å²) in [5, 5.41) is 10.1. The van der Waals surface area contributed by atoms with Crippen LogP contribution in [0.15, 0.2) is 10.5 Å². The first-order chi connectivity index (χ1) is 15.9. The summed E-state index contributed by atoms with van der Waals surface area (Å²) in [6, 6.07) is 4.10. The number of hydrogen-bond acceptors (Lipinski definition) is 6. The summed E-state index contributed by atoms with van der Waals surface area (Å²) in [7, 11) is 0. The highest BCUT2D eigenvalue weighted by Gasteiger charge is 2.49. The fraction of sp³-hybridized carbons (Fsp3) is 0.609. The molecule has 0 amide bonds. The van der Waals surface area contributed by atoms with Crippen LogP contribution in [0.25, 0.3) is 10.9 Å². The van der Waals surface area contributed by atoms with Crippen LogP contribution in [0, 0.1) is 23.1 Å². The zero-order valence-corrected chi connectivity index (χ0v) is 20.5. The van der Waals surface area contributed by atoms with Crippen LogP contribution in [-0.4, -0.2) is 59.4 Å². The molecule has 3 fully saturated rings. The molecular weight excluding hydrogens is 516 g/mol. The number of fused-ring (bicyclic) bond motifs is 2. The van der Waals surface area contributed by atoms with Crippen molar-refractivity contribution in [3.63, 3.8) is 0 Å². The van der Waals surface area contributed by atoms with Crippen molar-refractivity contribution in [2.75, 3.05) is 37.7 Å². The largest absolute Gasteiger partial charge is 0.461 e. The normalized spacial score (nSPS) is 28.0. The molecule has 0 N–H and O–H groups in total. The number of alkyl halides is 1. The number of rotatable bonds is 4. The summed E-state index contributed by atoms with van der Waals surface area (Å²) in [6.45, 7) is 2.88. The fourth-order valence-electron chi connectivity index (χ4n) is 5.53. The van der Waals surface area contributed by atoms with Gasteiger partial charge in [0.1, 0.15) is 24.1 Å². The Labute approximate surface area is 205 Å². The van der Waals surface area contributed by atoms with Crippen molar-refractivity contribution < 1.29 is 13.5 Å². The molecule has 1 aromatic carbocycles. The van der Waals surface area contributed by atoms with Gasteiger partial charge in [-0.05, 0) is 60.6 Å². The molecule has 0 saturated carbocycles. The summed E-state index contributed by atoms with van der Waals surface area (Å²) in [5.74, 6) is -0.0183. The fourth-order valence-corrected chi connectivity index (χ4v) is 6.02. The Morgan fingerprint density at radius 1 is 1.27 bits per heavy atom. The summed E-state index contributed by atoms with van der Waals surface area (Å²) in [4.78, 5) is 13.3. The molecule has 33 heavy (non-hydrogen) atoms. The van der Waals surface area contributed by atoms with Crippen molar-refractivity contribution in [1.82, 2.24) is 14.9 Å². The highest BCUT2D eigenvalue weighted by molar-refractivity contribution is 9.10. The Morgan fingerprint density at radius 2 is 2.12 bits per heavy atom. The number of aromatic nitrogens is 2. The standard InChI is InChI=1S/C23H25BrClF2N5O/c24-18-17(25)9-16-20(19(18)27)29-22(30-21(16)31-6-1-3-14(11-28)4-8-31)33-13-23-5-2-7-32(23)12-15(26)10-23/h9,14-15H,1-8,10,12-13H2/t14?,15-,23+/m1/s1. The van der Waals surface area contributed by atoms with Gasteiger partial charge in [0.2, 0.25) is 0 Å². The molecule has 0 radical (unpaired) electrons. The van der Waals surface area contributed by atoms with E-state index in [9.17, 15) is 9.65 Å². The lowest BCUT2D eigenvalue weighted by molar-refractivity contribution is 0.107. The highest BCUT2D eigenvalue weighted by atomic mass is 79.9. The molecule has 5 rings (SSSR count). The van der Waals surface area contributed by atoms with Gasteiger partial charge in [0.05, 0.1) is 21.1 Å². The van der Waals surface area contributed by atoms with E-state index in [1.165, 1.54) is 0 Å². The Kier molecular flexibility index (Phi) is 6.36. The molecule has 3 atom stereocenters. The van der Waals surface area contributed by atoms with Crippen LogP contribution in [0.1, 0.15) is 38.5 Å². The van der Waals surface area contributed by atoms with E-state index in [-0.39, 0.29) is 39.1 Å². The minimum Gasteiger partial charge on any atom is -0.461 e. The smallest absolute Gasteiger partial charge is 0.319 e. The molecule has 3 aliphatic rings. The third-order valence-electron chi connectivity index (χ3n) is 7.23. The number of anilines is 1. The van der Waals surface area contributed by atoms with Crippen molar-refractivity contribution in [1.29, 1.82) is 5.26 Å². The van der Waals surface area contributed by atoms with Crippen molar-refractivity contribution in [3.8, 4) is 12.1 Å². The van der Waals surface area contributed by atoms with E-state index in [2.05, 4.69) is 41.8 Å². The topological polar surface area (TPSA) is 65.3 Å². The highest BCUT2D eigenvalue weighted by Crippen LogP contribution is 2.41. The summed E-state index contributed by atoms with van der Waals surface area (Å²) in [6.07, 6.45) is 3.82. The first-order valence-corrected chi connectivity index (χ1v) is 12.6. The van der Waals surface area contributed by atoms with Crippen molar-refractivity contribution >= 4 is 44.3 Å². The maximum absolute atomic E-state index is 15.2. The van der Waals surface area contributed by atoms with E-state index in [0.717, 1.165) is 32.2 Å². The number of nitrogens with zero attached hydrogens (tertiary/aromatic N) is 5. The lowest BCUT2D eigenvalue weighted by Crippen LogP contribution is -2.43. The monoisotopic (exact) mass is 539 g/mol. The molecule has 176 valence electrons. The average Bonchev–Trinajstić information content (AvgIpc) is 3.21. The second kappa shape index (κ2) is 9.12. The number of nitriles is 1. The first kappa shape index (κ1) is 23.0. The SMILES string of the molecule is N#CC1CCCN(c2nc(OC[C@@]34CCCN3C[C@H](F)C4)nc3c(F)c(Br)c(Cl)cc23)CC1. The molecule has 10 heteroatoms. The van der Waals surface area contributed by atoms with Crippen molar-refractivity contribution in [2.24, 2.45) is 5.92 Å². The van der Waals surface area contributed by atoms with Crippen LogP contribution in [0.5, 0.6) is 6.01 Å². The van der Waals surface area contributed by atoms with Gasteiger partial charge in [-0.15, -0.1) is 0 Å². The van der Waals surface area contributed by atoms with E-state index >= 15 is 4.39 Å². The summed E-state index contributed by atoms with van der Waals surface area (Å²) in [5.41, 5.74) is -0.220. The molecule has 3 saturated heterocycles. The maximum Gasteiger partial charge on any atom is 0.319 e. The third kappa shape index (κ3) is 4.26. The predicted molar refractivity (Wildman–Crippen MR) is 126 cm³/mol. The number of ether oxygens (including phenoxy) is 1. The quantitative estimate of drug-likeness (QED) is 0.492. The first-order valence-electron chi connectivity index (χ1n) is 11.4. The molecule has 0 aliphatic carbocycles. The minimum atomic E-state index is -0.859. The molecule has 0 bridgehead atoms.